The maximum atomic E-state index is 11.4. The minimum Gasteiger partial charge on any atom is -0.289 e. The highest BCUT2D eigenvalue weighted by atomic mass is 16.1. The smallest absolute Gasteiger partial charge is 0.189 e. The van der Waals surface area contributed by atoms with Gasteiger partial charge in [0.2, 0.25) is 0 Å². The van der Waals surface area contributed by atoms with Crippen molar-refractivity contribution in [3.05, 3.63) is 47.0 Å². The molecule has 60 valence electrons. The van der Waals surface area contributed by atoms with Gasteiger partial charge in [0.25, 0.3) is 0 Å². The number of benzene rings is 1. The van der Waals surface area contributed by atoms with Crippen LogP contribution in [-0.4, -0.2) is 5.78 Å². The average molecular weight is 158 g/mol. The fourth-order valence-electron chi connectivity index (χ4n) is 1.13. The Morgan fingerprint density at radius 3 is 2.33 bits per heavy atom. The molecule has 1 aliphatic carbocycles. The van der Waals surface area contributed by atoms with E-state index in [1.54, 1.807) is 0 Å². The van der Waals surface area contributed by atoms with E-state index in [4.69, 9.17) is 0 Å². The number of Topliss-reactive ketones (excluding diaryl/α,β-unsaturated/α-hetero) is 1. The van der Waals surface area contributed by atoms with Crippen LogP contribution in [0.25, 0.3) is 0 Å². The molecule has 1 heteroatoms. The van der Waals surface area contributed by atoms with Crippen molar-refractivity contribution in [3.63, 3.8) is 0 Å². The van der Waals surface area contributed by atoms with Gasteiger partial charge in [-0.2, -0.15) is 0 Å². The average Bonchev–Trinajstić information content (AvgIpc) is 2.87. The molecule has 1 nitrogen and oxygen atoms in total. The van der Waals surface area contributed by atoms with Crippen molar-refractivity contribution in [1.82, 2.24) is 0 Å². The first-order valence-electron chi connectivity index (χ1n) is 4.08. The Hall–Kier alpha value is -1.37. The Bertz CT molecular complexity index is 344. The molecule has 12 heavy (non-hydrogen) atoms. The summed E-state index contributed by atoms with van der Waals surface area (Å²) in [6, 6.07) is 7.71. The van der Waals surface area contributed by atoms with Crippen molar-refractivity contribution < 1.29 is 4.79 Å². The highest BCUT2D eigenvalue weighted by Gasteiger charge is 2.17. The second-order valence-corrected chi connectivity index (χ2v) is 3.13. The Morgan fingerprint density at radius 2 is 1.83 bits per heavy atom. The standard InChI is InChI=1S/C11H10O/c1-8-2-4-9(5-3-8)11(12)10-6-7-10/h2-6H,7H2,1H3. The Labute approximate surface area is 71.7 Å². The number of carbonyl (C=O) groups is 1. The summed E-state index contributed by atoms with van der Waals surface area (Å²) >= 11 is 0. The Morgan fingerprint density at radius 1 is 1.25 bits per heavy atom. The second kappa shape index (κ2) is 2.59. The van der Waals surface area contributed by atoms with Crippen LogP contribution in [0, 0.1) is 6.92 Å². The summed E-state index contributed by atoms with van der Waals surface area (Å²) in [4.78, 5) is 11.4. The predicted octanol–water partition coefficient (Wildman–Crippen LogP) is 2.51. The largest absolute Gasteiger partial charge is 0.289 e. The molecule has 0 N–H and O–H groups in total. The van der Waals surface area contributed by atoms with Gasteiger partial charge < -0.3 is 0 Å². The van der Waals surface area contributed by atoms with Crippen LogP contribution in [0.2, 0.25) is 0 Å². The third-order valence-electron chi connectivity index (χ3n) is 2.01. The number of rotatable bonds is 2. The Balaban J connectivity index is 2.28. The van der Waals surface area contributed by atoms with E-state index in [0.29, 0.717) is 0 Å². The first kappa shape index (κ1) is 7.29. The molecule has 1 aromatic rings. The first-order valence-corrected chi connectivity index (χ1v) is 4.08. The molecule has 0 heterocycles. The fourth-order valence-corrected chi connectivity index (χ4v) is 1.13. The van der Waals surface area contributed by atoms with Crippen molar-refractivity contribution in [3.8, 4) is 0 Å². The quantitative estimate of drug-likeness (QED) is 0.604. The third kappa shape index (κ3) is 1.30. The van der Waals surface area contributed by atoms with Gasteiger partial charge in [-0.15, -0.1) is 0 Å². The fraction of sp³-hybridized carbons (Fsp3) is 0.182. The monoisotopic (exact) mass is 158 g/mol. The predicted molar refractivity (Wildman–Crippen MR) is 48.2 cm³/mol. The van der Waals surface area contributed by atoms with Crippen LogP contribution in [0.15, 0.2) is 35.9 Å². The van der Waals surface area contributed by atoms with E-state index < -0.39 is 0 Å². The van der Waals surface area contributed by atoms with Crippen molar-refractivity contribution >= 4 is 5.78 Å². The molecule has 0 saturated carbocycles. The minimum absolute atomic E-state index is 0.190. The molecule has 1 aliphatic rings. The van der Waals surface area contributed by atoms with Crippen LogP contribution in [0.1, 0.15) is 22.3 Å². The second-order valence-electron chi connectivity index (χ2n) is 3.13. The number of hydrogen-bond acceptors (Lipinski definition) is 1. The summed E-state index contributed by atoms with van der Waals surface area (Å²) in [5, 5.41) is 0. The highest BCUT2D eigenvalue weighted by Crippen LogP contribution is 2.23. The number of hydrogen-bond donors (Lipinski definition) is 0. The van der Waals surface area contributed by atoms with Gasteiger partial charge in [0, 0.05) is 11.1 Å². The summed E-state index contributed by atoms with van der Waals surface area (Å²) in [5.41, 5.74) is 2.96. The van der Waals surface area contributed by atoms with Crippen LogP contribution in [0.4, 0.5) is 0 Å². The molecule has 0 fully saturated rings. The van der Waals surface area contributed by atoms with Crippen LogP contribution in [-0.2, 0) is 0 Å². The zero-order valence-electron chi connectivity index (χ0n) is 7.00. The van der Waals surface area contributed by atoms with Gasteiger partial charge in [0.15, 0.2) is 5.78 Å². The van der Waals surface area contributed by atoms with Crippen LogP contribution in [0.3, 0.4) is 0 Å². The molecule has 0 spiro atoms. The normalized spacial score (nSPS) is 13.9. The van der Waals surface area contributed by atoms with Gasteiger partial charge >= 0.3 is 0 Å². The van der Waals surface area contributed by atoms with E-state index in [1.807, 2.05) is 37.3 Å². The summed E-state index contributed by atoms with van der Waals surface area (Å²) in [5.74, 6) is 0.190. The van der Waals surface area contributed by atoms with E-state index in [2.05, 4.69) is 0 Å². The SMILES string of the molecule is Cc1ccc(C(=O)C2=CC2)cc1. The van der Waals surface area contributed by atoms with Gasteiger partial charge in [-0.05, 0) is 13.3 Å². The maximum Gasteiger partial charge on any atom is 0.189 e. The molecule has 2 rings (SSSR count). The van der Waals surface area contributed by atoms with Gasteiger partial charge in [0.05, 0.1) is 0 Å². The molecule has 0 saturated heterocycles. The molecule has 0 radical (unpaired) electrons. The molecule has 0 atom stereocenters. The molecule has 0 bridgehead atoms. The molecular formula is C11H10O. The summed E-state index contributed by atoms with van der Waals surface area (Å²) in [7, 11) is 0. The van der Waals surface area contributed by atoms with Gasteiger partial charge in [-0.1, -0.05) is 35.9 Å². The number of aryl methyl sites for hydroxylation is 1. The third-order valence-corrected chi connectivity index (χ3v) is 2.01. The molecule has 1 aromatic carbocycles. The van der Waals surface area contributed by atoms with Gasteiger partial charge in [-0.25, -0.2) is 0 Å². The Kier molecular flexibility index (Phi) is 1.58. The highest BCUT2D eigenvalue weighted by molar-refractivity contribution is 6.11. The number of allylic oxidation sites excluding steroid dienone is 2. The van der Waals surface area contributed by atoms with Crippen molar-refractivity contribution in [1.29, 1.82) is 0 Å². The first-order chi connectivity index (χ1) is 5.77. The van der Waals surface area contributed by atoms with Gasteiger partial charge in [0.1, 0.15) is 0 Å². The van der Waals surface area contributed by atoms with E-state index >= 15 is 0 Å². The van der Waals surface area contributed by atoms with E-state index in [-0.39, 0.29) is 5.78 Å². The van der Waals surface area contributed by atoms with Crippen molar-refractivity contribution in [2.75, 3.05) is 0 Å². The molecule has 0 amide bonds. The van der Waals surface area contributed by atoms with Gasteiger partial charge in [-0.3, -0.25) is 4.79 Å². The molecular weight excluding hydrogens is 148 g/mol. The molecule has 0 unspecified atom stereocenters. The summed E-state index contributed by atoms with van der Waals surface area (Å²) in [6.45, 7) is 2.02. The van der Waals surface area contributed by atoms with Crippen molar-refractivity contribution in [2.45, 2.75) is 13.3 Å². The van der Waals surface area contributed by atoms with Crippen LogP contribution < -0.4 is 0 Å². The van der Waals surface area contributed by atoms with Crippen LogP contribution >= 0.6 is 0 Å². The molecule has 0 aliphatic heterocycles. The lowest BCUT2D eigenvalue weighted by atomic mass is 10.1. The summed E-state index contributed by atoms with van der Waals surface area (Å²) < 4.78 is 0. The maximum absolute atomic E-state index is 11.4. The molecule has 0 aromatic heterocycles. The van der Waals surface area contributed by atoms with E-state index in [9.17, 15) is 4.79 Å². The van der Waals surface area contributed by atoms with Crippen molar-refractivity contribution in [2.24, 2.45) is 0 Å². The van der Waals surface area contributed by atoms with E-state index in [0.717, 1.165) is 17.6 Å². The summed E-state index contributed by atoms with van der Waals surface area (Å²) in [6.07, 6.45) is 2.84. The zero-order chi connectivity index (χ0) is 8.55. The van der Waals surface area contributed by atoms with E-state index in [1.165, 1.54) is 5.56 Å². The lowest BCUT2D eigenvalue weighted by molar-refractivity contribution is 0.103. The lowest BCUT2D eigenvalue weighted by Crippen LogP contribution is -1.95. The topological polar surface area (TPSA) is 17.1 Å². The van der Waals surface area contributed by atoms with Crippen LogP contribution in [0.5, 0.6) is 0 Å². The zero-order valence-corrected chi connectivity index (χ0v) is 7.00. The number of ketones is 1. The lowest BCUT2D eigenvalue weighted by Gasteiger charge is -1.96. The minimum atomic E-state index is 0.190. The number of carbonyl (C=O) groups excluding carboxylic acids is 1.